The van der Waals surface area contributed by atoms with Gasteiger partial charge in [-0.05, 0) is 186 Å². The Balaban J connectivity index is 1.05. The van der Waals surface area contributed by atoms with Gasteiger partial charge in [0.1, 0.15) is 0 Å². The van der Waals surface area contributed by atoms with Crippen LogP contribution in [0.25, 0.3) is 77.2 Å². The first-order valence-corrected chi connectivity index (χ1v) is 20.9. The van der Waals surface area contributed by atoms with Crippen molar-refractivity contribution in [1.82, 2.24) is 0 Å². The highest BCUT2D eigenvalue weighted by molar-refractivity contribution is 5.93. The highest BCUT2D eigenvalue weighted by Gasteiger charge is 2.43. The molecule has 0 radical (unpaired) electrons. The van der Waals surface area contributed by atoms with Crippen LogP contribution < -0.4 is 0 Å². The largest absolute Gasteiger partial charge is 0.0642 e. The zero-order valence-electron chi connectivity index (χ0n) is 33.7. The van der Waals surface area contributed by atoms with Crippen LogP contribution in [0, 0.1) is 13.8 Å². The molecule has 8 aromatic rings. The van der Waals surface area contributed by atoms with Crippen LogP contribution in [0.15, 0.2) is 146 Å². The fourth-order valence-electron chi connectivity index (χ4n) is 11.0. The minimum absolute atomic E-state index is 0.0255. The molecule has 2 aliphatic rings. The van der Waals surface area contributed by atoms with E-state index in [9.17, 15) is 0 Å². The highest BCUT2D eigenvalue weighted by Crippen LogP contribution is 2.57. The fourth-order valence-corrected chi connectivity index (χ4v) is 11.0. The summed E-state index contributed by atoms with van der Waals surface area (Å²) in [6, 6.07) is 56.2. The third-order valence-corrected chi connectivity index (χ3v) is 14.3. The van der Waals surface area contributed by atoms with Gasteiger partial charge < -0.3 is 0 Å². The lowest BCUT2D eigenvalue weighted by atomic mass is 9.72. The first kappa shape index (κ1) is 34.7. The van der Waals surface area contributed by atoms with Gasteiger partial charge in [0.25, 0.3) is 0 Å². The molecular formula is C56H50. The third kappa shape index (κ3) is 4.91. The van der Waals surface area contributed by atoms with E-state index in [1.807, 2.05) is 0 Å². The lowest BCUT2D eigenvalue weighted by Crippen LogP contribution is -2.23. The van der Waals surface area contributed by atoms with Crippen molar-refractivity contribution in [1.29, 1.82) is 0 Å². The van der Waals surface area contributed by atoms with Gasteiger partial charge in [-0.3, -0.25) is 0 Å². The summed E-state index contributed by atoms with van der Waals surface area (Å²) < 4.78 is 0. The van der Waals surface area contributed by atoms with Gasteiger partial charge in [-0.15, -0.1) is 0 Å². The van der Waals surface area contributed by atoms with E-state index in [4.69, 9.17) is 0 Å². The number of aryl methyl sites for hydroxylation is 2. The Morgan fingerprint density at radius 2 is 0.589 bits per heavy atom. The predicted molar refractivity (Wildman–Crippen MR) is 241 cm³/mol. The molecular weight excluding hydrogens is 673 g/mol. The van der Waals surface area contributed by atoms with E-state index in [0.29, 0.717) is 0 Å². The molecule has 2 aliphatic carbocycles. The minimum Gasteiger partial charge on any atom is -0.0642 e. The van der Waals surface area contributed by atoms with Crippen molar-refractivity contribution in [2.24, 2.45) is 0 Å². The molecule has 0 atom stereocenters. The van der Waals surface area contributed by atoms with E-state index < -0.39 is 0 Å². The second-order valence-corrected chi connectivity index (χ2v) is 16.6. The average Bonchev–Trinajstić information content (AvgIpc) is 3.68. The summed E-state index contributed by atoms with van der Waals surface area (Å²) in [6.45, 7) is 14.1. The van der Waals surface area contributed by atoms with E-state index in [-0.39, 0.29) is 10.8 Å². The van der Waals surface area contributed by atoms with Crippen LogP contribution in [-0.4, -0.2) is 0 Å². The van der Waals surface area contributed by atoms with Gasteiger partial charge in [-0.25, -0.2) is 0 Å². The van der Waals surface area contributed by atoms with Crippen molar-refractivity contribution >= 4 is 21.5 Å². The monoisotopic (exact) mass is 722 g/mol. The molecule has 274 valence electrons. The summed E-state index contributed by atoms with van der Waals surface area (Å²) in [5, 5.41) is 5.20. The first-order chi connectivity index (χ1) is 27.3. The van der Waals surface area contributed by atoms with Crippen molar-refractivity contribution in [2.75, 3.05) is 0 Å². The first-order valence-electron chi connectivity index (χ1n) is 20.9. The van der Waals surface area contributed by atoms with Crippen LogP contribution in [0.2, 0.25) is 0 Å². The summed E-state index contributed by atoms with van der Waals surface area (Å²) in [7, 11) is 0. The maximum atomic E-state index is 2.55. The molecule has 0 aliphatic heterocycles. The minimum atomic E-state index is -0.0255. The zero-order chi connectivity index (χ0) is 38.3. The van der Waals surface area contributed by atoms with Crippen molar-refractivity contribution < 1.29 is 0 Å². The quantitative estimate of drug-likeness (QED) is 0.154. The Hall–Kier alpha value is -5.72. The van der Waals surface area contributed by atoms with Crippen LogP contribution in [-0.2, 0) is 10.8 Å². The molecule has 0 unspecified atom stereocenters. The van der Waals surface area contributed by atoms with Gasteiger partial charge in [-0.2, -0.15) is 0 Å². The lowest BCUT2D eigenvalue weighted by molar-refractivity contribution is 0.490. The topological polar surface area (TPSA) is 0 Å². The van der Waals surface area contributed by atoms with Crippen molar-refractivity contribution in [2.45, 2.75) is 78.1 Å². The maximum Gasteiger partial charge on any atom is 0.0210 e. The van der Waals surface area contributed by atoms with Gasteiger partial charge in [0.05, 0.1) is 0 Å². The average molecular weight is 723 g/mol. The Kier molecular flexibility index (Phi) is 8.02. The zero-order valence-corrected chi connectivity index (χ0v) is 33.7. The summed E-state index contributed by atoms with van der Waals surface area (Å²) in [5.41, 5.74) is 22.1. The van der Waals surface area contributed by atoms with Gasteiger partial charge in [0, 0.05) is 10.8 Å². The van der Waals surface area contributed by atoms with E-state index in [2.05, 4.69) is 187 Å². The van der Waals surface area contributed by atoms with E-state index >= 15 is 0 Å². The molecule has 10 rings (SSSR count). The number of hydrogen-bond donors (Lipinski definition) is 0. The van der Waals surface area contributed by atoms with Crippen LogP contribution in [0.5, 0.6) is 0 Å². The van der Waals surface area contributed by atoms with Crippen molar-refractivity contribution in [3.8, 4) is 55.6 Å². The SMILES string of the molecule is CCC1(CC)c2cc(-c3ccc4c(c3)C(CC)(CC)c3cc(-c5cc6ccccc6cc5C)ccc3-4)ccc2-c2ccc(-c3cc4ccccc4cc3C)cc21. The number of benzene rings is 8. The van der Waals surface area contributed by atoms with Crippen LogP contribution in [0.1, 0.15) is 86.8 Å². The second-order valence-electron chi connectivity index (χ2n) is 16.6. The Bertz CT molecular complexity index is 2670. The highest BCUT2D eigenvalue weighted by atomic mass is 14.5. The smallest absolute Gasteiger partial charge is 0.0210 e. The van der Waals surface area contributed by atoms with Crippen LogP contribution in [0.3, 0.4) is 0 Å². The number of hydrogen-bond acceptors (Lipinski definition) is 0. The van der Waals surface area contributed by atoms with E-state index in [1.165, 1.54) is 111 Å². The molecule has 0 amide bonds. The molecule has 8 aromatic carbocycles. The molecule has 0 fully saturated rings. The van der Waals surface area contributed by atoms with Gasteiger partial charge >= 0.3 is 0 Å². The molecule has 0 nitrogen and oxygen atoms in total. The molecule has 0 heteroatoms. The second kappa shape index (κ2) is 12.9. The van der Waals surface area contributed by atoms with Crippen LogP contribution in [0.4, 0.5) is 0 Å². The molecule has 0 bridgehead atoms. The number of rotatable bonds is 7. The van der Waals surface area contributed by atoms with Gasteiger partial charge in [0.2, 0.25) is 0 Å². The maximum absolute atomic E-state index is 2.55. The summed E-state index contributed by atoms with van der Waals surface area (Å²) in [4.78, 5) is 0. The standard InChI is InChI=1S/C56H50/c1-7-55(8-2)51-31-41(19-23-45(51)47-25-21-43(33-53(47)55)49-29-39-17-13-11-15-37(39)27-35(49)5)42-20-24-46-48-26-22-44(34-54(48)56(9-3,10-4)52(46)32-42)50-30-40-18-14-12-16-38(40)28-36(50)6/h11-34H,7-10H2,1-6H3. The molecule has 0 aromatic heterocycles. The molecule has 0 saturated heterocycles. The third-order valence-electron chi connectivity index (χ3n) is 14.3. The predicted octanol–water partition coefficient (Wildman–Crippen LogP) is 15.8. The van der Waals surface area contributed by atoms with Crippen molar-refractivity contribution in [3.63, 3.8) is 0 Å². The summed E-state index contributed by atoms with van der Waals surface area (Å²) in [5.74, 6) is 0. The fraction of sp³-hybridized carbons (Fsp3) is 0.214. The van der Waals surface area contributed by atoms with Gasteiger partial charge in [0.15, 0.2) is 0 Å². The molecule has 0 N–H and O–H groups in total. The molecule has 0 heterocycles. The number of fused-ring (bicyclic) bond motifs is 8. The molecule has 0 spiro atoms. The van der Waals surface area contributed by atoms with Gasteiger partial charge in [-0.1, -0.05) is 137 Å². The normalized spacial score (nSPS) is 14.5. The Labute approximate surface area is 332 Å². The van der Waals surface area contributed by atoms with E-state index in [1.54, 1.807) is 0 Å². The molecule has 56 heavy (non-hydrogen) atoms. The summed E-state index contributed by atoms with van der Waals surface area (Å²) in [6.07, 6.45) is 4.28. The van der Waals surface area contributed by atoms with Crippen molar-refractivity contribution in [3.05, 3.63) is 179 Å². The molecule has 0 saturated carbocycles. The summed E-state index contributed by atoms with van der Waals surface area (Å²) >= 11 is 0. The van der Waals surface area contributed by atoms with E-state index in [0.717, 1.165) is 25.7 Å². The Morgan fingerprint density at radius 3 is 0.911 bits per heavy atom. The van der Waals surface area contributed by atoms with Crippen LogP contribution >= 0.6 is 0 Å². The Morgan fingerprint density at radius 1 is 0.304 bits per heavy atom. The lowest BCUT2D eigenvalue weighted by Gasteiger charge is -2.31.